The Hall–Kier alpha value is -2.30. The molecular weight excluding hydrogens is 251 g/mol. The van der Waals surface area contributed by atoms with E-state index >= 15 is 0 Å². The number of halogens is 3. The van der Waals surface area contributed by atoms with Gasteiger partial charge in [-0.2, -0.15) is 13.2 Å². The quantitative estimate of drug-likeness (QED) is 0.818. The maximum atomic E-state index is 12.2. The van der Waals surface area contributed by atoms with Gasteiger partial charge in [0.1, 0.15) is 6.54 Å². The number of hydrogen-bond donors (Lipinski definition) is 1. The number of carboxylic acid groups (broad SMARTS) is 1. The summed E-state index contributed by atoms with van der Waals surface area (Å²) in [6.45, 7) is -0.559. The van der Waals surface area contributed by atoms with Crippen molar-refractivity contribution in [3.8, 4) is 12.3 Å². The van der Waals surface area contributed by atoms with Gasteiger partial charge in [0.25, 0.3) is 0 Å². The number of anilines is 1. The maximum Gasteiger partial charge on any atom is 0.435 e. The third-order valence-corrected chi connectivity index (χ3v) is 1.87. The second kappa shape index (κ2) is 5.35. The van der Waals surface area contributed by atoms with Gasteiger partial charge in [-0.05, 0) is 12.1 Å². The summed E-state index contributed by atoms with van der Waals surface area (Å²) in [5.74, 6) is 0.990. The van der Waals surface area contributed by atoms with Gasteiger partial charge in [0, 0.05) is 0 Å². The molecule has 0 bridgehead atoms. The van der Waals surface area contributed by atoms with Crippen LogP contribution < -0.4 is 4.90 Å². The molecule has 0 amide bonds. The van der Waals surface area contributed by atoms with Gasteiger partial charge < -0.3 is 10.0 Å². The SMILES string of the molecule is C#CCN(CC(=O)O)c1ccc(C(F)(F)F)nn1. The monoisotopic (exact) mass is 259 g/mol. The molecule has 1 N–H and O–H groups in total. The molecule has 0 atom stereocenters. The number of hydrogen-bond acceptors (Lipinski definition) is 4. The molecule has 1 rings (SSSR count). The maximum absolute atomic E-state index is 12.2. The Bertz CT molecular complexity index is 465. The standard InChI is InChI=1S/C10H8F3N3O2/c1-2-5-16(6-9(17)18)8-4-3-7(14-15-8)10(11,12)13/h1,3-4H,5-6H2,(H,17,18). The molecule has 0 saturated carbocycles. The molecule has 0 spiro atoms. The van der Waals surface area contributed by atoms with Crippen molar-refractivity contribution >= 4 is 11.8 Å². The van der Waals surface area contributed by atoms with E-state index in [1.807, 2.05) is 0 Å². The molecular formula is C10H8F3N3O2. The van der Waals surface area contributed by atoms with Crippen LogP contribution in [0.15, 0.2) is 12.1 Å². The van der Waals surface area contributed by atoms with E-state index in [-0.39, 0.29) is 12.4 Å². The van der Waals surface area contributed by atoms with E-state index in [0.717, 1.165) is 11.0 Å². The molecule has 0 aliphatic carbocycles. The Morgan fingerprint density at radius 2 is 2.11 bits per heavy atom. The summed E-state index contributed by atoms with van der Waals surface area (Å²) in [5.41, 5.74) is -1.15. The van der Waals surface area contributed by atoms with Crippen LogP contribution >= 0.6 is 0 Å². The van der Waals surface area contributed by atoms with Crippen LogP contribution in [-0.4, -0.2) is 34.4 Å². The van der Waals surface area contributed by atoms with E-state index < -0.39 is 24.4 Å². The highest BCUT2D eigenvalue weighted by Crippen LogP contribution is 2.27. The second-order valence-electron chi connectivity index (χ2n) is 3.23. The van der Waals surface area contributed by atoms with Gasteiger partial charge in [-0.15, -0.1) is 16.6 Å². The van der Waals surface area contributed by atoms with Gasteiger partial charge in [-0.3, -0.25) is 4.79 Å². The predicted molar refractivity (Wildman–Crippen MR) is 55.7 cm³/mol. The summed E-state index contributed by atoms with van der Waals surface area (Å²) in [6.07, 6.45) is 0.441. The third-order valence-electron chi connectivity index (χ3n) is 1.87. The van der Waals surface area contributed by atoms with E-state index in [9.17, 15) is 18.0 Å². The molecule has 5 nitrogen and oxygen atoms in total. The van der Waals surface area contributed by atoms with Crippen molar-refractivity contribution in [1.82, 2.24) is 10.2 Å². The van der Waals surface area contributed by atoms with Crippen LogP contribution in [0.1, 0.15) is 5.69 Å². The summed E-state index contributed by atoms with van der Waals surface area (Å²) < 4.78 is 36.7. The molecule has 18 heavy (non-hydrogen) atoms. The fourth-order valence-corrected chi connectivity index (χ4v) is 1.14. The number of nitrogens with zero attached hydrogens (tertiary/aromatic N) is 3. The summed E-state index contributed by atoms with van der Waals surface area (Å²) in [5, 5.41) is 14.9. The Labute approximate surface area is 100 Å². The van der Waals surface area contributed by atoms with Gasteiger partial charge in [0.15, 0.2) is 11.5 Å². The zero-order valence-electron chi connectivity index (χ0n) is 8.98. The van der Waals surface area contributed by atoms with E-state index in [4.69, 9.17) is 11.5 Å². The van der Waals surface area contributed by atoms with Crippen molar-refractivity contribution in [1.29, 1.82) is 0 Å². The first-order valence-corrected chi connectivity index (χ1v) is 4.65. The van der Waals surface area contributed by atoms with Crippen LogP contribution in [0.25, 0.3) is 0 Å². The molecule has 0 saturated heterocycles. The summed E-state index contributed by atoms with van der Waals surface area (Å²) >= 11 is 0. The first-order valence-electron chi connectivity index (χ1n) is 4.65. The number of rotatable bonds is 4. The minimum Gasteiger partial charge on any atom is -0.480 e. The highest BCUT2D eigenvalue weighted by Gasteiger charge is 2.33. The van der Waals surface area contributed by atoms with Gasteiger partial charge >= 0.3 is 12.1 Å². The average Bonchev–Trinajstić information content (AvgIpc) is 2.27. The van der Waals surface area contributed by atoms with E-state index in [2.05, 4.69) is 16.1 Å². The Balaban J connectivity index is 2.94. The summed E-state index contributed by atoms with van der Waals surface area (Å²) in [4.78, 5) is 11.7. The molecule has 0 unspecified atom stereocenters. The molecule has 0 aliphatic rings. The van der Waals surface area contributed by atoms with Crippen LogP contribution in [0.4, 0.5) is 19.0 Å². The minimum atomic E-state index is -4.59. The van der Waals surface area contributed by atoms with E-state index in [1.54, 1.807) is 0 Å². The molecule has 0 fully saturated rings. The number of aliphatic carboxylic acids is 1. The number of terminal acetylenes is 1. The van der Waals surface area contributed by atoms with Gasteiger partial charge in [-0.1, -0.05) is 5.92 Å². The molecule has 96 valence electrons. The number of carboxylic acids is 1. The summed E-state index contributed by atoms with van der Waals surface area (Å²) in [6, 6.07) is 1.74. The second-order valence-corrected chi connectivity index (χ2v) is 3.23. The Morgan fingerprint density at radius 3 is 2.50 bits per heavy atom. The molecule has 0 aromatic carbocycles. The van der Waals surface area contributed by atoms with Crippen LogP contribution in [-0.2, 0) is 11.0 Å². The lowest BCUT2D eigenvalue weighted by atomic mass is 10.3. The minimum absolute atomic E-state index is 0.0247. The highest BCUT2D eigenvalue weighted by atomic mass is 19.4. The lowest BCUT2D eigenvalue weighted by Gasteiger charge is -2.18. The first kappa shape index (κ1) is 13.8. The van der Waals surface area contributed by atoms with E-state index in [1.165, 1.54) is 0 Å². The molecule has 0 radical (unpaired) electrons. The largest absolute Gasteiger partial charge is 0.480 e. The fourth-order valence-electron chi connectivity index (χ4n) is 1.14. The van der Waals surface area contributed by atoms with Crippen LogP contribution in [0, 0.1) is 12.3 Å². The van der Waals surface area contributed by atoms with Crippen molar-refractivity contribution in [3.63, 3.8) is 0 Å². The van der Waals surface area contributed by atoms with Crippen molar-refractivity contribution in [2.75, 3.05) is 18.0 Å². The smallest absolute Gasteiger partial charge is 0.435 e. The highest BCUT2D eigenvalue weighted by molar-refractivity contribution is 5.73. The topological polar surface area (TPSA) is 66.3 Å². The first-order chi connectivity index (χ1) is 8.34. The molecule has 8 heteroatoms. The van der Waals surface area contributed by atoms with Gasteiger partial charge in [0.05, 0.1) is 6.54 Å². The van der Waals surface area contributed by atoms with Crippen molar-refractivity contribution < 1.29 is 23.1 Å². The fraction of sp³-hybridized carbons (Fsp3) is 0.300. The summed E-state index contributed by atoms with van der Waals surface area (Å²) in [7, 11) is 0. The van der Waals surface area contributed by atoms with Crippen molar-refractivity contribution in [2.45, 2.75) is 6.18 Å². The zero-order chi connectivity index (χ0) is 13.8. The van der Waals surface area contributed by atoms with E-state index in [0.29, 0.717) is 6.07 Å². The van der Waals surface area contributed by atoms with Crippen molar-refractivity contribution in [2.24, 2.45) is 0 Å². The van der Waals surface area contributed by atoms with Crippen molar-refractivity contribution in [3.05, 3.63) is 17.8 Å². The molecule has 1 heterocycles. The Kier molecular flexibility index (Phi) is 4.09. The number of aromatic nitrogens is 2. The lowest BCUT2D eigenvalue weighted by molar-refractivity contribution is -0.141. The Morgan fingerprint density at radius 1 is 1.44 bits per heavy atom. The van der Waals surface area contributed by atoms with Crippen LogP contribution in [0.3, 0.4) is 0 Å². The third kappa shape index (κ3) is 3.62. The zero-order valence-corrected chi connectivity index (χ0v) is 8.98. The lowest BCUT2D eigenvalue weighted by Crippen LogP contribution is -2.31. The normalized spacial score (nSPS) is 10.8. The van der Waals surface area contributed by atoms with Crippen LogP contribution in [0.5, 0.6) is 0 Å². The molecule has 0 aliphatic heterocycles. The molecule has 1 aromatic rings. The average molecular weight is 259 g/mol. The predicted octanol–water partition coefficient (Wildman–Crippen LogP) is 1.02. The van der Waals surface area contributed by atoms with Crippen LogP contribution in [0.2, 0.25) is 0 Å². The number of carbonyl (C=O) groups is 1. The van der Waals surface area contributed by atoms with Gasteiger partial charge in [0.2, 0.25) is 0 Å². The number of alkyl halides is 3. The van der Waals surface area contributed by atoms with Gasteiger partial charge in [-0.25, -0.2) is 0 Å². The molecule has 1 aromatic heterocycles.